The minimum atomic E-state index is -0.562. The first-order valence-corrected chi connectivity index (χ1v) is 6.20. The lowest BCUT2D eigenvalue weighted by Crippen LogP contribution is -2.09. The van der Waals surface area contributed by atoms with Gasteiger partial charge in [-0.15, -0.1) is 0 Å². The quantitative estimate of drug-likeness (QED) is 0.643. The number of hydrogen-bond acceptors (Lipinski definition) is 5. The second-order valence-electron chi connectivity index (χ2n) is 4.00. The summed E-state index contributed by atoms with van der Waals surface area (Å²) < 4.78 is 10.2. The van der Waals surface area contributed by atoms with E-state index >= 15 is 0 Å². The van der Waals surface area contributed by atoms with Gasteiger partial charge in [0.15, 0.2) is 0 Å². The summed E-state index contributed by atoms with van der Waals surface area (Å²) in [5.41, 5.74) is 2.09. The van der Waals surface area contributed by atoms with Crippen molar-refractivity contribution in [3.8, 4) is 16.9 Å². The number of carbonyl (C=O) groups is 1. The van der Waals surface area contributed by atoms with E-state index in [9.17, 15) is 4.79 Å². The predicted octanol–water partition coefficient (Wildman–Crippen LogP) is 2.90. The molecule has 0 unspecified atom stereocenters. The van der Waals surface area contributed by atoms with Gasteiger partial charge in [-0.2, -0.15) is 0 Å². The summed E-state index contributed by atoms with van der Waals surface area (Å²) in [4.78, 5) is 20.1. The molecule has 0 saturated heterocycles. The molecule has 2 rings (SSSR count). The van der Waals surface area contributed by atoms with Gasteiger partial charge in [0.25, 0.3) is 0 Å². The van der Waals surface area contributed by atoms with E-state index in [-0.39, 0.29) is 10.7 Å². The van der Waals surface area contributed by atoms with Gasteiger partial charge in [0.1, 0.15) is 16.5 Å². The molecule has 6 heteroatoms. The van der Waals surface area contributed by atoms with Gasteiger partial charge < -0.3 is 9.47 Å². The van der Waals surface area contributed by atoms with Gasteiger partial charge in [0.05, 0.1) is 19.9 Å². The van der Waals surface area contributed by atoms with Gasteiger partial charge in [-0.05, 0) is 24.6 Å². The molecular formula is C14H13ClN2O3. The molecule has 0 atom stereocenters. The van der Waals surface area contributed by atoms with Crippen molar-refractivity contribution < 1.29 is 14.3 Å². The van der Waals surface area contributed by atoms with E-state index in [1.165, 1.54) is 14.2 Å². The van der Waals surface area contributed by atoms with Crippen LogP contribution in [-0.4, -0.2) is 30.2 Å². The molecule has 0 radical (unpaired) electrons. The van der Waals surface area contributed by atoms with Crippen molar-refractivity contribution in [3.63, 3.8) is 0 Å². The summed E-state index contributed by atoms with van der Waals surface area (Å²) in [6.45, 7) is 1.76. The second kappa shape index (κ2) is 5.88. The lowest BCUT2D eigenvalue weighted by Gasteiger charge is -2.15. The van der Waals surface area contributed by atoms with Crippen molar-refractivity contribution in [1.29, 1.82) is 0 Å². The number of carbonyl (C=O) groups excluding carboxylic acids is 1. The SMILES string of the molecule is COC(=O)c1c(Cl)nc(C)c(OC)c1-c1ccncc1. The highest BCUT2D eigenvalue weighted by molar-refractivity contribution is 6.33. The van der Waals surface area contributed by atoms with E-state index in [0.29, 0.717) is 17.0 Å². The van der Waals surface area contributed by atoms with Crippen LogP contribution >= 0.6 is 11.6 Å². The number of aromatic nitrogens is 2. The Bertz CT molecular complexity index is 645. The van der Waals surface area contributed by atoms with Crippen LogP contribution in [0.5, 0.6) is 5.75 Å². The third kappa shape index (κ3) is 2.44. The minimum absolute atomic E-state index is 0.0852. The van der Waals surface area contributed by atoms with Crippen LogP contribution in [0.4, 0.5) is 0 Å². The average Bonchev–Trinajstić information content (AvgIpc) is 2.46. The van der Waals surface area contributed by atoms with Crippen LogP contribution in [0.1, 0.15) is 16.1 Å². The number of ether oxygens (including phenoxy) is 2. The summed E-state index contributed by atoms with van der Waals surface area (Å²) >= 11 is 6.10. The van der Waals surface area contributed by atoms with Crippen molar-refractivity contribution >= 4 is 17.6 Å². The first kappa shape index (κ1) is 14.3. The molecule has 0 spiro atoms. The summed E-state index contributed by atoms with van der Waals surface area (Å²) in [5.74, 6) is -0.0754. The van der Waals surface area contributed by atoms with Crippen LogP contribution < -0.4 is 4.74 Å². The molecule has 0 aliphatic heterocycles. The molecule has 0 saturated carbocycles. The molecule has 0 aliphatic rings. The van der Waals surface area contributed by atoms with Gasteiger partial charge in [0.2, 0.25) is 0 Å². The fourth-order valence-electron chi connectivity index (χ4n) is 1.98. The standard InChI is InChI=1S/C14H13ClN2O3/c1-8-12(19-2)10(9-4-6-16-7-5-9)11(13(15)17-8)14(18)20-3/h4-7H,1-3H3. The Labute approximate surface area is 121 Å². The number of methoxy groups -OCH3 is 2. The molecular weight excluding hydrogens is 280 g/mol. The predicted molar refractivity (Wildman–Crippen MR) is 75.1 cm³/mol. The van der Waals surface area contributed by atoms with Crippen molar-refractivity contribution in [2.75, 3.05) is 14.2 Å². The van der Waals surface area contributed by atoms with E-state index in [0.717, 1.165) is 5.56 Å². The van der Waals surface area contributed by atoms with Crippen LogP contribution in [0.3, 0.4) is 0 Å². The summed E-state index contributed by atoms with van der Waals surface area (Å²) in [6, 6.07) is 3.53. The maximum atomic E-state index is 12.0. The molecule has 2 aromatic heterocycles. The zero-order valence-corrected chi connectivity index (χ0v) is 12.1. The zero-order valence-electron chi connectivity index (χ0n) is 11.3. The Kier molecular flexibility index (Phi) is 4.20. The maximum absolute atomic E-state index is 12.0. The van der Waals surface area contributed by atoms with Crippen LogP contribution in [0, 0.1) is 6.92 Å². The topological polar surface area (TPSA) is 61.3 Å². The molecule has 0 aliphatic carbocycles. The molecule has 0 fully saturated rings. The van der Waals surface area contributed by atoms with Crippen molar-refractivity contribution in [2.24, 2.45) is 0 Å². The maximum Gasteiger partial charge on any atom is 0.341 e. The minimum Gasteiger partial charge on any atom is -0.494 e. The monoisotopic (exact) mass is 292 g/mol. The molecule has 104 valence electrons. The fraction of sp³-hybridized carbons (Fsp3) is 0.214. The lowest BCUT2D eigenvalue weighted by atomic mass is 10.00. The van der Waals surface area contributed by atoms with Crippen LogP contribution in [-0.2, 0) is 4.74 Å². The Morgan fingerprint density at radius 3 is 2.45 bits per heavy atom. The molecule has 0 N–H and O–H groups in total. The van der Waals surface area contributed by atoms with Crippen molar-refractivity contribution in [1.82, 2.24) is 9.97 Å². The number of hydrogen-bond donors (Lipinski definition) is 0. The van der Waals surface area contributed by atoms with Crippen molar-refractivity contribution in [2.45, 2.75) is 6.92 Å². The third-order valence-electron chi connectivity index (χ3n) is 2.84. The van der Waals surface area contributed by atoms with Crippen LogP contribution in [0.2, 0.25) is 5.15 Å². The van der Waals surface area contributed by atoms with E-state index < -0.39 is 5.97 Å². The molecule has 0 bridgehead atoms. The van der Waals surface area contributed by atoms with Gasteiger partial charge in [-0.25, -0.2) is 9.78 Å². The molecule has 0 aromatic carbocycles. The largest absolute Gasteiger partial charge is 0.494 e. The lowest BCUT2D eigenvalue weighted by molar-refractivity contribution is 0.0601. The van der Waals surface area contributed by atoms with Gasteiger partial charge >= 0.3 is 5.97 Å². The van der Waals surface area contributed by atoms with Crippen molar-refractivity contribution in [3.05, 3.63) is 40.9 Å². The van der Waals surface area contributed by atoms with E-state index in [1.807, 2.05) is 0 Å². The first-order chi connectivity index (χ1) is 9.60. The third-order valence-corrected chi connectivity index (χ3v) is 3.11. The highest BCUT2D eigenvalue weighted by Gasteiger charge is 2.24. The highest BCUT2D eigenvalue weighted by atomic mass is 35.5. The van der Waals surface area contributed by atoms with Crippen LogP contribution in [0.15, 0.2) is 24.5 Å². The second-order valence-corrected chi connectivity index (χ2v) is 4.36. The van der Waals surface area contributed by atoms with E-state index in [2.05, 4.69) is 9.97 Å². The number of aryl methyl sites for hydroxylation is 1. The Morgan fingerprint density at radius 2 is 1.90 bits per heavy atom. The molecule has 2 aromatic rings. The Balaban J connectivity index is 2.83. The molecule has 2 heterocycles. The molecule has 5 nitrogen and oxygen atoms in total. The number of nitrogens with zero attached hydrogens (tertiary/aromatic N) is 2. The van der Waals surface area contributed by atoms with Gasteiger partial charge in [-0.1, -0.05) is 11.6 Å². The number of esters is 1. The first-order valence-electron chi connectivity index (χ1n) is 5.83. The summed E-state index contributed by atoms with van der Waals surface area (Å²) in [6.07, 6.45) is 3.25. The van der Waals surface area contributed by atoms with E-state index in [4.69, 9.17) is 21.1 Å². The highest BCUT2D eigenvalue weighted by Crippen LogP contribution is 2.38. The van der Waals surface area contributed by atoms with Gasteiger partial charge in [0, 0.05) is 18.0 Å². The van der Waals surface area contributed by atoms with Gasteiger partial charge in [-0.3, -0.25) is 4.98 Å². The smallest absolute Gasteiger partial charge is 0.341 e. The molecule has 0 amide bonds. The molecule has 20 heavy (non-hydrogen) atoms. The Hall–Kier alpha value is -2.14. The fourth-order valence-corrected chi connectivity index (χ4v) is 2.28. The van der Waals surface area contributed by atoms with Crippen LogP contribution in [0.25, 0.3) is 11.1 Å². The number of pyridine rings is 2. The average molecular weight is 293 g/mol. The summed E-state index contributed by atoms with van der Waals surface area (Å²) in [7, 11) is 2.81. The normalized spacial score (nSPS) is 10.2. The number of rotatable bonds is 3. The number of halogens is 1. The van der Waals surface area contributed by atoms with E-state index in [1.54, 1.807) is 31.5 Å². The summed E-state index contributed by atoms with van der Waals surface area (Å²) in [5, 5.41) is 0.0852. The zero-order chi connectivity index (χ0) is 14.7. The Morgan fingerprint density at radius 1 is 1.25 bits per heavy atom.